The van der Waals surface area contributed by atoms with Gasteiger partial charge in [-0.2, -0.15) is 0 Å². The van der Waals surface area contributed by atoms with E-state index in [1.807, 2.05) is 7.05 Å². The molecule has 24 heavy (non-hydrogen) atoms. The van der Waals surface area contributed by atoms with Crippen molar-refractivity contribution >= 4 is 29.9 Å². The second-order valence-corrected chi connectivity index (χ2v) is 6.45. The molecule has 2 N–H and O–H groups in total. The smallest absolute Gasteiger partial charge is 0.190 e. The number of unbranched alkanes of at least 4 members (excludes halogenated alkanes) is 1. The Bertz CT molecular complexity index is 381. The van der Waals surface area contributed by atoms with Gasteiger partial charge in [0.05, 0.1) is 13.2 Å². The van der Waals surface area contributed by atoms with E-state index in [4.69, 9.17) is 4.74 Å². The summed E-state index contributed by atoms with van der Waals surface area (Å²) in [5.41, 5.74) is 1.62. The monoisotopic (exact) mass is 450 g/mol. The normalized spacial score (nSPS) is 19.4. The van der Waals surface area contributed by atoms with Crippen LogP contribution in [0, 0.1) is 0 Å². The summed E-state index contributed by atoms with van der Waals surface area (Å²) in [5, 5.41) is 6.85. The zero-order valence-corrected chi connectivity index (χ0v) is 17.5. The number of hydrogen-bond acceptors (Lipinski definition) is 3. The van der Waals surface area contributed by atoms with Gasteiger partial charge in [0.2, 0.25) is 0 Å². The Hall–Kier alpha value is -0.340. The van der Waals surface area contributed by atoms with Gasteiger partial charge in [-0.3, -0.25) is 9.89 Å². The average molecular weight is 450 g/mol. The lowest BCUT2D eigenvalue weighted by Gasteiger charge is -2.26. The van der Waals surface area contributed by atoms with Crippen molar-refractivity contribution in [1.29, 1.82) is 0 Å². The summed E-state index contributed by atoms with van der Waals surface area (Å²) in [4.78, 5) is 6.80. The molecule has 2 rings (SSSR count). The van der Waals surface area contributed by atoms with Crippen molar-refractivity contribution in [3.8, 4) is 0 Å². The average Bonchev–Trinajstić information content (AvgIpc) is 2.61. The van der Waals surface area contributed by atoms with Gasteiger partial charge >= 0.3 is 0 Å². The minimum absolute atomic E-state index is 0. The SMILES string of the molecule is CN=C(NCCCCN1CCOCC1)NCCC1=CCCCC1.I. The second-order valence-electron chi connectivity index (χ2n) is 6.45. The first-order valence-electron chi connectivity index (χ1n) is 9.31. The summed E-state index contributed by atoms with van der Waals surface area (Å²) in [6.45, 7) is 7.13. The number of morpholine rings is 1. The standard InChI is InChI=1S/C18H34N4O.HI/c1-19-18(21-11-9-17-7-3-2-4-8-17)20-10-5-6-12-22-13-15-23-16-14-22;/h7H,2-6,8-16H2,1H3,(H2,19,20,21);1H. The van der Waals surface area contributed by atoms with Crippen LogP contribution in [-0.2, 0) is 4.74 Å². The first-order valence-corrected chi connectivity index (χ1v) is 9.31. The zero-order valence-electron chi connectivity index (χ0n) is 15.2. The number of rotatable bonds is 8. The zero-order chi connectivity index (χ0) is 16.2. The third kappa shape index (κ3) is 9.22. The van der Waals surface area contributed by atoms with Crippen molar-refractivity contribution in [3.05, 3.63) is 11.6 Å². The Morgan fingerprint density at radius 3 is 2.67 bits per heavy atom. The lowest BCUT2D eigenvalue weighted by atomic mass is 9.97. The maximum Gasteiger partial charge on any atom is 0.190 e. The van der Waals surface area contributed by atoms with Gasteiger partial charge in [-0.15, -0.1) is 24.0 Å². The molecule has 0 aromatic rings. The van der Waals surface area contributed by atoms with Gasteiger partial charge in [-0.05, 0) is 51.5 Å². The molecule has 0 aromatic heterocycles. The Kier molecular flexibility index (Phi) is 12.6. The molecule has 0 amide bonds. The van der Waals surface area contributed by atoms with E-state index < -0.39 is 0 Å². The van der Waals surface area contributed by atoms with Gasteiger partial charge in [-0.1, -0.05) is 11.6 Å². The van der Waals surface area contributed by atoms with Crippen molar-refractivity contribution in [1.82, 2.24) is 15.5 Å². The van der Waals surface area contributed by atoms with Crippen LogP contribution in [0.2, 0.25) is 0 Å². The molecule has 0 bridgehead atoms. The number of nitrogens with one attached hydrogen (secondary N) is 2. The van der Waals surface area contributed by atoms with Gasteiger partial charge in [-0.25, -0.2) is 0 Å². The number of halogens is 1. The molecule has 1 heterocycles. The van der Waals surface area contributed by atoms with Crippen LogP contribution in [0.3, 0.4) is 0 Å². The van der Waals surface area contributed by atoms with E-state index in [1.54, 1.807) is 5.57 Å². The summed E-state index contributed by atoms with van der Waals surface area (Å²) >= 11 is 0. The third-order valence-corrected chi connectivity index (χ3v) is 4.64. The second kappa shape index (κ2) is 13.9. The van der Waals surface area contributed by atoms with E-state index in [0.717, 1.165) is 51.8 Å². The van der Waals surface area contributed by atoms with Crippen molar-refractivity contribution in [2.45, 2.75) is 44.9 Å². The minimum Gasteiger partial charge on any atom is -0.379 e. The Balaban J connectivity index is 0.00000288. The van der Waals surface area contributed by atoms with Crippen LogP contribution in [0.1, 0.15) is 44.9 Å². The van der Waals surface area contributed by atoms with Crippen LogP contribution in [0.5, 0.6) is 0 Å². The van der Waals surface area contributed by atoms with E-state index >= 15 is 0 Å². The van der Waals surface area contributed by atoms with Gasteiger partial charge in [0, 0.05) is 33.2 Å². The first kappa shape index (κ1) is 21.7. The van der Waals surface area contributed by atoms with Crippen molar-refractivity contribution in [2.24, 2.45) is 4.99 Å². The van der Waals surface area contributed by atoms with Crippen molar-refractivity contribution < 1.29 is 4.74 Å². The molecule has 0 atom stereocenters. The largest absolute Gasteiger partial charge is 0.379 e. The molecule has 5 nitrogen and oxygen atoms in total. The van der Waals surface area contributed by atoms with Gasteiger partial charge in [0.25, 0.3) is 0 Å². The molecule has 1 aliphatic carbocycles. The maximum atomic E-state index is 5.37. The highest BCUT2D eigenvalue weighted by molar-refractivity contribution is 14.0. The van der Waals surface area contributed by atoms with Crippen molar-refractivity contribution in [3.63, 3.8) is 0 Å². The van der Waals surface area contributed by atoms with E-state index in [9.17, 15) is 0 Å². The molecule has 0 aromatic carbocycles. The molecule has 2 aliphatic rings. The lowest BCUT2D eigenvalue weighted by Crippen LogP contribution is -2.39. The van der Waals surface area contributed by atoms with Crippen molar-refractivity contribution in [2.75, 3.05) is 53.0 Å². The fourth-order valence-electron chi connectivity index (χ4n) is 3.19. The highest BCUT2D eigenvalue weighted by atomic mass is 127. The molecule has 0 unspecified atom stereocenters. The topological polar surface area (TPSA) is 48.9 Å². The quantitative estimate of drug-likeness (QED) is 0.196. The number of ether oxygens (including phenoxy) is 1. The number of aliphatic imine (C=N–C) groups is 1. The highest BCUT2D eigenvalue weighted by Gasteiger charge is 2.09. The Morgan fingerprint density at radius 2 is 1.96 bits per heavy atom. The van der Waals surface area contributed by atoms with E-state index in [2.05, 4.69) is 26.6 Å². The predicted molar refractivity (Wildman–Crippen MR) is 112 cm³/mol. The number of hydrogen-bond donors (Lipinski definition) is 2. The Labute approximate surface area is 164 Å². The summed E-state index contributed by atoms with van der Waals surface area (Å²) in [5.74, 6) is 0.938. The van der Waals surface area contributed by atoms with Crippen LogP contribution in [0.4, 0.5) is 0 Å². The van der Waals surface area contributed by atoms with Crippen LogP contribution in [0.15, 0.2) is 16.6 Å². The first-order chi connectivity index (χ1) is 11.4. The number of guanidine groups is 1. The number of nitrogens with zero attached hydrogens (tertiary/aromatic N) is 2. The fourth-order valence-corrected chi connectivity index (χ4v) is 3.19. The maximum absolute atomic E-state index is 5.37. The molecule has 0 radical (unpaired) electrons. The number of allylic oxidation sites excluding steroid dienone is 1. The molecule has 1 aliphatic heterocycles. The summed E-state index contributed by atoms with van der Waals surface area (Å²) in [7, 11) is 1.85. The highest BCUT2D eigenvalue weighted by Crippen LogP contribution is 2.19. The summed E-state index contributed by atoms with van der Waals surface area (Å²) in [6, 6.07) is 0. The minimum atomic E-state index is 0. The van der Waals surface area contributed by atoms with Crippen LogP contribution in [-0.4, -0.2) is 63.8 Å². The predicted octanol–water partition coefficient (Wildman–Crippen LogP) is 2.77. The van der Waals surface area contributed by atoms with E-state index in [0.29, 0.717) is 0 Å². The van der Waals surface area contributed by atoms with Gasteiger partial charge in [0.15, 0.2) is 5.96 Å². The summed E-state index contributed by atoms with van der Waals surface area (Å²) in [6.07, 6.45) is 11.3. The van der Waals surface area contributed by atoms with E-state index in [1.165, 1.54) is 45.1 Å². The van der Waals surface area contributed by atoms with Gasteiger partial charge < -0.3 is 15.4 Å². The molecule has 0 spiro atoms. The third-order valence-electron chi connectivity index (χ3n) is 4.64. The molecule has 6 heteroatoms. The Morgan fingerprint density at radius 1 is 1.17 bits per heavy atom. The molecular weight excluding hydrogens is 415 g/mol. The van der Waals surface area contributed by atoms with E-state index in [-0.39, 0.29) is 24.0 Å². The molecule has 1 fully saturated rings. The lowest BCUT2D eigenvalue weighted by molar-refractivity contribution is 0.0372. The molecular formula is C18H35IN4O. The molecule has 0 saturated carbocycles. The fraction of sp³-hybridized carbons (Fsp3) is 0.833. The molecule has 140 valence electrons. The van der Waals surface area contributed by atoms with Gasteiger partial charge in [0.1, 0.15) is 0 Å². The van der Waals surface area contributed by atoms with Crippen LogP contribution >= 0.6 is 24.0 Å². The van der Waals surface area contributed by atoms with Crippen LogP contribution < -0.4 is 10.6 Å². The summed E-state index contributed by atoms with van der Waals surface area (Å²) < 4.78 is 5.37. The van der Waals surface area contributed by atoms with Crippen LogP contribution in [0.25, 0.3) is 0 Å². The molecule has 1 saturated heterocycles.